The van der Waals surface area contributed by atoms with E-state index in [9.17, 15) is 0 Å². The normalized spacial score (nSPS) is 16.3. The van der Waals surface area contributed by atoms with E-state index in [1.165, 1.54) is 29.7 Å². The molecule has 0 bridgehead atoms. The quantitative estimate of drug-likeness (QED) is 0.490. The standard InChI is InChI=1S/C23H33N3S/c1-3-7-19(12-13-21(24)20-9-6-5-8-18(20)4-2)22-14-26-23(15-25-22)27-16-17-10-11-17/h5-6,8-9,14-15,17,19,21H,3-4,7,10-13,16,24H2,1-2H3/t19-,21-/m0/s1. The van der Waals surface area contributed by atoms with Gasteiger partial charge in [0, 0.05) is 23.9 Å². The van der Waals surface area contributed by atoms with Gasteiger partial charge in [-0.15, -0.1) is 11.8 Å². The highest BCUT2D eigenvalue weighted by molar-refractivity contribution is 7.99. The van der Waals surface area contributed by atoms with E-state index in [4.69, 9.17) is 10.7 Å². The van der Waals surface area contributed by atoms with Gasteiger partial charge in [-0.2, -0.15) is 0 Å². The fourth-order valence-corrected chi connectivity index (χ4v) is 4.64. The highest BCUT2D eigenvalue weighted by atomic mass is 32.2. The molecule has 3 rings (SSSR count). The van der Waals surface area contributed by atoms with Crippen LogP contribution in [0.4, 0.5) is 0 Å². The van der Waals surface area contributed by atoms with Crippen LogP contribution in [0.1, 0.15) is 81.2 Å². The summed E-state index contributed by atoms with van der Waals surface area (Å²) in [5.74, 6) is 2.56. The van der Waals surface area contributed by atoms with Gasteiger partial charge < -0.3 is 5.73 Å². The molecule has 0 aliphatic heterocycles. The van der Waals surface area contributed by atoms with Gasteiger partial charge in [0.25, 0.3) is 0 Å². The molecule has 27 heavy (non-hydrogen) atoms. The van der Waals surface area contributed by atoms with Crippen LogP contribution in [0.2, 0.25) is 0 Å². The monoisotopic (exact) mass is 383 g/mol. The van der Waals surface area contributed by atoms with E-state index in [-0.39, 0.29) is 6.04 Å². The minimum atomic E-state index is 0.0989. The smallest absolute Gasteiger partial charge is 0.114 e. The number of rotatable bonds is 11. The highest BCUT2D eigenvalue weighted by Crippen LogP contribution is 2.35. The first-order valence-electron chi connectivity index (χ1n) is 10.5. The molecule has 1 aromatic heterocycles. The van der Waals surface area contributed by atoms with E-state index in [0.717, 1.165) is 48.7 Å². The van der Waals surface area contributed by atoms with Crippen LogP contribution in [-0.4, -0.2) is 15.7 Å². The average molecular weight is 384 g/mol. The van der Waals surface area contributed by atoms with E-state index < -0.39 is 0 Å². The van der Waals surface area contributed by atoms with Crippen molar-refractivity contribution in [2.24, 2.45) is 11.7 Å². The second kappa shape index (κ2) is 10.2. The molecular weight excluding hydrogens is 350 g/mol. The van der Waals surface area contributed by atoms with Crippen LogP contribution in [0.15, 0.2) is 41.7 Å². The van der Waals surface area contributed by atoms with Crippen LogP contribution in [-0.2, 0) is 6.42 Å². The Labute approximate surface area is 168 Å². The third kappa shape index (κ3) is 6.05. The molecule has 4 heteroatoms. The molecule has 1 fully saturated rings. The lowest BCUT2D eigenvalue weighted by molar-refractivity contribution is 0.494. The topological polar surface area (TPSA) is 51.8 Å². The molecule has 1 heterocycles. The Bertz CT molecular complexity index is 697. The maximum Gasteiger partial charge on any atom is 0.114 e. The van der Waals surface area contributed by atoms with E-state index in [0.29, 0.717) is 5.92 Å². The Morgan fingerprint density at radius 1 is 1.07 bits per heavy atom. The zero-order valence-corrected chi connectivity index (χ0v) is 17.5. The molecule has 2 aromatic rings. The molecular formula is C23H33N3S. The number of nitrogens with zero attached hydrogens (tertiary/aromatic N) is 2. The maximum absolute atomic E-state index is 6.55. The predicted molar refractivity (Wildman–Crippen MR) is 115 cm³/mol. The van der Waals surface area contributed by atoms with E-state index >= 15 is 0 Å². The van der Waals surface area contributed by atoms with Crippen molar-refractivity contribution in [1.29, 1.82) is 0 Å². The van der Waals surface area contributed by atoms with Gasteiger partial charge in [-0.25, -0.2) is 4.98 Å². The van der Waals surface area contributed by atoms with E-state index in [2.05, 4.69) is 43.1 Å². The summed E-state index contributed by atoms with van der Waals surface area (Å²) in [5.41, 5.74) is 10.3. The zero-order valence-electron chi connectivity index (χ0n) is 16.7. The number of hydrogen-bond donors (Lipinski definition) is 1. The fourth-order valence-electron chi connectivity index (χ4n) is 3.64. The van der Waals surface area contributed by atoms with E-state index in [1.54, 1.807) is 0 Å². The van der Waals surface area contributed by atoms with Crippen molar-refractivity contribution >= 4 is 11.8 Å². The maximum atomic E-state index is 6.55. The lowest BCUT2D eigenvalue weighted by Gasteiger charge is -2.20. The minimum absolute atomic E-state index is 0.0989. The summed E-state index contributed by atoms with van der Waals surface area (Å²) in [7, 11) is 0. The first kappa shape index (κ1) is 20.3. The van der Waals surface area contributed by atoms with Gasteiger partial charge in [0.2, 0.25) is 0 Å². The lowest BCUT2D eigenvalue weighted by atomic mass is 9.89. The zero-order chi connectivity index (χ0) is 19.1. The predicted octanol–water partition coefficient (Wildman–Crippen LogP) is 5.91. The molecule has 2 N–H and O–H groups in total. The molecule has 0 saturated heterocycles. The highest BCUT2D eigenvalue weighted by Gasteiger charge is 2.21. The van der Waals surface area contributed by atoms with Gasteiger partial charge in [-0.1, -0.05) is 44.5 Å². The second-order valence-electron chi connectivity index (χ2n) is 7.76. The number of thioether (sulfide) groups is 1. The summed E-state index contributed by atoms with van der Waals surface area (Å²) in [6.07, 6.45) is 12.1. The third-order valence-electron chi connectivity index (χ3n) is 5.53. The van der Waals surface area contributed by atoms with Crippen LogP contribution >= 0.6 is 11.8 Å². The van der Waals surface area contributed by atoms with Crippen molar-refractivity contribution in [2.45, 2.75) is 75.8 Å². The van der Waals surface area contributed by atoms with Crippen molar-refractivity contribution in [1.82, 2.24) is 9.97 Å². The molecule has 2 atom stereocenters. The van der Waals surface area contributed by atoms with Gasteiger partial charge in [-0.3, -0.25) is 4.98 Å². The SMILES string of the molecule is CCC[C@@H](CC[C@H](N)c1ccccc1CC)c1cnc(SCC2CC2)cn1. The van der Waals surface area contributed by atoms with Gasteiger partial charge >= 0.3 is 0 Å². The summed E-state index contributed by atoms with van der Waals surface area (Å²) in [6.45, 7) is 4.44. The molecule has 0 radical (unpaired) electrons. The number of hydrogen-bond acceptors (Lipinski definition) is 4. The summed E-state index contributed by atoms with van der Waals surface area (Å²) >= 11 is 1.85. The number of aromatic nitrogens is 2. The van der Waals surface area contributed by atoms with Crippen LogP contribution < -0.4 is 5.73 Å². The van der Waals surface area contributed by atoms with Gasteiger partial charge in [-0.05, 0) is 55.6 Å². The molecule has 3 nitrogen and oxygen atoms in total. The molecule has 0 amide bonds. The first-order valence-corrected chi connectivity index (χ1v) is 11.5. The van der Waals surface area contributed by atoms with Crippen molar-refractivity contribution in [3.63, 3.8) is 0 Å². The van der Waals surface area contributed by atoms with Gasteiger partial charge in [0.1, 0.15) is 5.03 Å². The summed E-state index contributed by atoms with van der Waals surface area (Å²) in [4.78, 5) is 9.42. The molecule has 1 aromatic carbocycles. The van der Waals surface area contributed by atoms with Gasteiger partial charge in [0.05, 0.1) is 11.9 Å². The van der Waals surface area contributed by atoms with Crippen LogP contribution in [0.25, 0.3) is 0 Å². The van der Waals surface area contributed by atoms with Crippen molar-refractivity contribution in [3.05, 3.63) is 53.5 Å². The van der Waals surface area contributed by atoms with E-state index in [1.807, 2.05) is 24.2 Å². The number of nitrogens with two attached hydrogens (primary N) is 1. The minimum Gasteiger partial charge on any atom is -0.324 e. The first-order chi connectivity index (χ1) is 13.2. The van der Waals surface area contributed by atoms with Crippen LogP contribution in [0.3, 0.4) is 0 Å². The summed E-state index contributed by atoms with van der Waals surface area (Å²) in [6, 6.07) is 8.68. The fraction of sp³-hybridized carbons (Fsp3) is 0.565. The molecule has 1 aliphatic rings. The Kier molecular flexibility index (Phi) is 7.71. The molecule has 1 aliphatic carbocycles. The van der Waals surface area contributed by atoms with Crippen molar-refractivity contribution < 1.29 is 0 Å². The Balaban J connectivity index is 1.59. The molecule has 146 valence electrons. The van der Waals surface area contributed by atoms with Crippen LogP contribution in [0.5, 0.6) is 0 Å². The number of benzene rings is 1. The largest absolute Gasteiger partial charge is 0.324 e. The molecule has 1 saturated carbocycles. The lowest BCUT2D eigenvalue weighted by Crippen LogP contribution is -2.14. The Morgan fingerprint density at radius 3 is 2.56 bits per heavy atom. The van der Waals surface area contributed by atoms with Crippen LogP contribution in [0, 0.1) is 5.92 Å². The number of aryl methyl sites for hydroxylation is 1. The van der Waals surface area contributed by atoms with Crippen molar-refractivity contribution in [3.8, 4) is 0 Å². The third-order valence-corrected chi connectivity index (χ3v) is 6.67. The van der Waals surface area contributed by atoms with Crippen molar-refractivity contribution in [2.75, 3.05) is 5.75 Å². The molecule has 0 unspecified atom stereocenters. The summed E-state index contributed by atoms with van der Waals surface area (Å²) < 4.78 is 0. The Hall–Kier alpha value is -1.39. The summed E-state index contributed by atoms with van der Waals surface area (Å²) in [5, 5.41) is 1.06. The second-order valence-corrected chi connectivity index (χ2v) is 8.80. The Morgan fingerprint density at radius 2 is 1.89 bits per heavy atom. The van der Waals surface area contributed by atoms with Gasteiger partial charge in [0.15, 0.2) is 0 Å². The average Bonchev–Trinajstić information content (AvgIpc) is 3.54. The molecule has 0 spiro atoms.